The monoisotopic (exact) mass is 260 g/mol. The molecular formula is C13H12N2O4. The van der Waals surface area contributed by atoms with Crippen LogP contribution in [0.5, 0.6) is 5.88 Å². The smallest absolute Gasteiger partial charge is 0.335 e. The predicted molar refractivity (Wildman–Crippen MR) is 66.9 cm³/mol. The van der Waals surface area contributed by atoms with Crippen molar-refractivity contribution < 1.29 is 19.8 Å². The molecule has 0 radical (unpaired) electrons. The molecule has 19 heavy (non-hydrogen) atoms. The minimum atomic E-state index is -1.07. The Morgan fingerprint density at radius 3 is 2.53 bits per heavy atom. The van der Waals surface area contributed by atoms with Gasteiger partial charge in [-0.15, -0.1) is 0 Å². The van der Waals surface area contributed by atoms with Gasteiger partial charge in [0.05, 0.1) is 16.9 Å². The first-order valence-electron chi connectivity index (χ1n) is 5.55. The molecule has 6 heteroatoms. The number of carboxylic acid groups (broad SMARTS) is 1. The van der Waals surface area contributed by atoms with Crippen molar-refractivity contribution in [3.8, 4) is 11.6 Å². The van der Waals surface area contributed by atoms with E-state index in [4.69, 9.17) is 5.11 Å². The maximum atomic E-state index is 11.4. The molecule has 0 spiro atoms. The molecular weight excluding hydrogens is 248 g/mol. The summed E-state index contributed by atoms with van der Waals surface area (Å²) in [6.45, 7) is 2.94. The lowest BCUT2D eigenvalue weighted by molar-refractivity contribution is 0.0696. The van der Waals surface area contributed by atoms with Gasteiger partial charge in [-0.2, -0.15) is 5.10 Å². The number of aromatic hydroxyl groups is 1. The largest absolute Gasteiger partial charge is 0.493 e. The molecule has 2 aromatic rings. The summed E-state index contributed by atoms with van der Waals surface area (Å²) in [5.74, 6) is -1.65. The number of carboxylic acids is 1. The van der Waals surface area contributed by atoms with E-state index in [-0.39, 0.29) is 22.8 Å². The van der Waals surface area contributed by atoms with Crippen LogP contribution in [0.3, 0.4) is 0 Å². The van der Waals surface area contributed by atoms with Crippen LogP contribution in [0.1, 0.15) is 33.3 Å². The summed E-state index contributed by atoms with van der Waals surface area (Å²) in [5, 5.41) is 23.0. The molecule has 0 unspecified atom stereocenters. The second-order valence-electron chi connectivity index (χ2n) is 4.11. The lowest BCUT2D eigenvalue weighted by Crippen LogP contribution is -2.01. The number of carbonyl (C=O) groups is 2. The fraction of sp³-hybridized carbons (Fsp3) is 0.154. The highest BCUT2D eigenvalue weighted by Crippen LogP contribution is 2.25. The molecule has 0 saturated heterocycles. The van der Waals surface area contributed by atoms with Crippen LogP contribution in [-0.4, -0.2) is 31.7 Å². The van der Waals surface area contributed by atoms with Crippen LogP contribution in [0.2, 0.25) is 0 Å². The standard InChI is InChI=1S/C13H12N2O4/c1-7-11(8(2)16)12(17)15(14-7)10-5-3-4-9(6-10)13(18)19/h3-6,17H,1-2H3,(H,18,19). The zero-order valence-corrected chi connectivity index (χ0v) is 10.4. The molecule has 0 aliphatic heterocycles. The third-order valence-electron chi connectivity index (χ3n) is 2.73. The van der Waals surface area contributed by atoms with E-state index in [1.165, 1.54) is 19.1 Å². The van der Waals surface area contributed by atoms with Crippen molar-refractivity contribution in [1.29, 1.82) is 0 Å². The van der Waals surface area contributed by atoms with Gasteiger partial charge in [0, 0.05) is 0 Å². The van der Waals surface area contributed by atoms with Gasteiger partial charge in [0.25, 0.3) is 0 Å². The number of aromatic nitrogens is 2. The van der Waals surface area contributed by atoms with E-state index in [1.807, 2.05) is 0 Å². The fourth-order valence-electron chi connectivity index (χ4n) is 1.88. The molecule has 0 atom stereocenters. The first-order chi connectivity index (χ1) is 8.91. The molecule has 2 rings (SSSR count). The van der Waals surface area contributed by atoms with Gasteiger partial charge in [-0.3, -0.25) is 4.79 Å². The summed E-state index contributed by atoms with van der Waals surface area (Å²) in [4.78, 5) is 22.3. The minimum Gasteiger partial charge on any atom is -0.493 e. The maximum absolute atomic E-state index is 11.4. The normalized spacial score (nSPS) is 10.4. The average molecular weight is 260 g/mol. The average Bonchev–Trinajstić information content (AvgIpc) is 2.65. The summed E-state index contributed by atoms with van der Waals surface area (Å²) in [7, 11) is 0. The topological polar surface area (TPSA) is 92.4 Å². The summed E-state index contributed by atoms with van der Waals surface area (Å²) >= 11 is 0. The minimum absolute atomic E-state index is 0.0782. The van der Waals surface area contributed by atoms with Crippen LogP contribution in [0.15, 0.2) is 24.3 Å². The molecule has 1 heterocycles. The van der Waals surface area contributed by atoms with Crippen molar-refractivity contribution in [1.82, 2.24) is 9.78 Å². The molecule has 1 aromatic heterocycles. The lowest BCUT2D eigenvalue weighted by Gasteiger charge is -2.04. The Balaban J connectivity index is 2.60. The second kappa shape index (κ2) is 4.56. The summed E-state index contributed by atoms with van der Waals surface area (Å²) in [6, 6.07) is 5.95. The predicted octanol–water partition coefficient (Wildman–Crippen LogP) is 1.79. The first kappa shape index (κ1) is 12.8. The highest BCUT2D eigenvalue weighted by atomic mass is 16.4. The number of nitrogens with zero attached hydrogens (tertiary/aromatic N) is 2. The molecule has 0 aliphatic carbocycles. The second-order valence-corrected chi connectivity index (χ2v) is 4.11. The number of hydrogen-bond acceptors (Lipinski definition) is 4. The van der Waals surface area contributed by atoms with Crippen molar-refractivity contribution >= 4 is 11.8 Å². The van der Waals surface area contributed by atoms with Gasteiger partial charge in [0.15, 0.2) is 5.78 Å². The van der Waals surface area contributed by atoms with Gasteiger partial charge < -0.3 is 10.2 Å². The van der Waals surface area contributed by atoms with E-state index >= 15 is 0 Å². The number of rotatable bonds is 3. The van der Waals surface area contributed by atoms with Crippen molar-refractivity contribution in [3.05, 3.63) is 41.1 Å². The van der Waals surface area contributed by atoms with E-state index in [0.717, 1.165) is 4.68 Å². The highest BCUT2D eigenvalue weighted by Gasteiger charge is 2.19. The number of aryl methyl sites for hydroxylation is 1. The Bertz CT molecular complexity index is 673. The van der Waals surface area contributed by atoms with Crippen molar-refractivity contribution in [2.45, 2.75) is 13.8 Å². The van der Waals surface area contributed by atoms with E-state index in [1.54, 1.807) is 19.1 Å². The molecule has 0 aliphatic rings. The number of Topliss-reactive ketones (excluding diaryl/α,β-unsaturated/α-hetero) is 1. The first-order valence-corrected chi connectivity index (χ1v) is 5.55. The number of aromatic carboxylic acids is 1. The van der Waals surface area contributed by atoms with Gasteiger partial charge in [0.2, 0.25) is 5.88 Å². The highest BCUT2D eigenvalue weighted by molar-refractivity contribution is 5.97. The molecule has 0 fully saturated rings. The summed E-state index contributed by atoms with van der Waals surface area (Å²) in [5.41, 5.74) is 0.994. The van der Waals surface area contributed by atoms with Crippen LogP contribution in [-0.2, 0) is 0 Å². The SMILES string of the molecule is CC(=O)c1c(C)nn(-c2cccc(C(=O)O)c2)c1O. The molecule has 2 N–H and O–H groups in total. The molecule has 6 nitrogen and oxygen atoms in total. The van der Waals surface area contributed by atoms with Crippen molar-refractivity contribution in [2.24, 2.45) is 0 Å². The van der Waals surface area contributed by atoms with E-state index in [0.29, 0.717) is 11.4 Å². The van der Waals surface area contributed by atoms with Gasteiger partial charge in [-0.1, -0.05) is 6.07 Å². The number of benzene rings is 1. The molecule has 98 valence electrons. The fourth-order valence-corrected chi connectivity index (χ4v) is 1.88. The van der Waals surface area contributed by atoms with Crippen LogP contribution in [0, 0.1) is 6.92 Å². The Labute approximate surface area is 108 Å². The molecule has 0 bridgehead atoms. The maximum Gasteiger partial charge on any atom is 0.335 e. The number of ketones is 1. The Morgan fingerprint density at radius 1 is 1.32 bits per heavy atom. The molecule has 0 amide bonds. The summed E-state index contributed by atoms with van der Waals surface area (Å²) < 4.78 is 1.15. The quantitative estimate of drug-likeness (QED) is 0.821. The van der Waals surface area contributed by atoms with Gasteiger partial charge in [-0.25, -0.2) is 9.48 Å². The van der Waals surface area contributed by atoms with Gasteiger partial charge in [-0.05, 0) is 32.0 Å². The summed E-state index contributed by atoms with van der Waals surface area (Å²) in [6.07, 6.45) is 0. The molecule has 0 saturated carbocycles. The van der Waals surface area contributed by atoms with Crippen molar-refractivity contribution in [2.75, 3.05) is 0 Å². The van der Waals surface area contributed by atoms with E-state index in [9.17, 15) is 14.7 Å². The third kappa shape index (κ3) is 2.20. The molecule has 1 aromatic carbocycles. The van der Waals surface area contributed by atoms with E-state index in [2.05, 4.69) is 5.10 Å². The third-order valence-corrected chi connectivity index (χ3v) is 2.73. The number of carbonyl (C=O) groups excluding carboxylic acids is 1. The number of hydrogen-bond donors (Lipinski definition) is 2. The van der Waals surface area contributed by atoms with Crippen LogP contribution < -0.4 is 0 Å². The lowest BCUT2D eigenvalue weighted by atomic mass is 10.2. The van der Waals surface area contributed by atoms with Crippen LogP contribution in [0.4, 0.5) is 0 Å². The Kier molecular flexibility index (Phi) is 3.08. The van der Waals surface area contributed by atoms with Gasteiger partial charge in [0.1, 0.15) is 5.56 Å². The van der Waals surface area contributed by atoms with Crippen LogP contribution >= 0.6 is 0 Å². The Morgan fingerprint density at radius 2 is 2.00 bits per heavy atom. The zero-order valence-electron chi connectivity index (χ0n) is 10.4. The Hall–Kier alpha value is -2.63. The van der Waals surface area contributed by atoms with Gasteiger partial charge >= 0.3 is 5.97 Å². The zero-order chi connectivity index (χ0) is 14.2. The van der Waals surface area contributed by atoms with Crippen molar-refractivity contribution in [3.63, 3.8) is 0 Å². The van der Waals surface area contributed by atoms with E-state index < -0.39 is 5.97 Å². The van der Waals surface area contributed by atoms with Crippen LogP contribution in [0.25, 0.3) is 5.69 Å².